The predicted molar refractivity (Wildman–Crippen MR) is 74.3 cm³/mol. The van der Waals surface area contributed by atoms with Gasteiger partial charge in [-0.1, -0.05) is 0 Å². The molecule has 2 saturated heterocycles. The maximum atomic E-state index is 9.22. The van der Waals surface area contributed by atoms with E-state index >= 15 is 0 Å². The van der Waals surface area contributed by atoms with E-state index in [1.54, 1.807) is 0 Å². The first-order valence-electron chi connectivity index (χ1n) is 7.42. The van der Waals surface area contributed by atoms with Gasteiger partial charge in [0.05, 0.1) is 32.0 Å². The number of aliphatic hydroxyl groups excluding tert-OH is 1. The summed E-state index contributed by atoms with van der Waals surface area (Å²) in [6.07, 6.45) is 0.233. The summed E-state index contributed by atoms with van der Waals surface area (Å²) in [6, 6.07) is 0.986. The summed E-state index contributed by atoms with van der Waals surface area (Å²) in [5, 5.41) is 9.22. The number of morpholine rings is 2. The first kappa shape index (κ1) is 15.2. The van der Waals surface area contributed by atoms with E-state index in [0.717, 1.165) is 32.8 Å². The Morgan fingerprint density at radius 2 is 2.00 bits per heavy atom. The summed E-state index contributed by atoms with van der Waals surface area (Å²) in [6.45, 7) is 12.1. The molecule has 2 aliphatic rings. The molecule has 3 atom stereocenters. The van der Waals surface area contributed by atoms with Crippen molar-refractivity contribution in [1.82, 2.24) is 9.80 Å². The minimum absolute atomic E-state index is 0.0407. The van der Waals surface area contributed by atoms with Gasteiger partial charge < -0.3 is 14.6 Å². The summed E-state index contributed by atoms with van der Waals surface area (Å²) in [7, 11) is 0. The fraction of sp³-hybridized carbons (Fsp3) is 1.00. The maximum Gasteiger partial charge on any atom is 0.0933 e. The lowest BCUT2D eigenvalue weighted by atomic mass is 10.1. The van der Waals surface area contributed by atoms with Crippen LogP contribution in [0.2, 0.25) is 0 Å². The minimum atomic E-state index is -0.0407. The summed E-state index contributed by atoms with van der Waals surface area (Å²) in [5.41, 5.74) is 0. The van der Waals surface area contributed by atoms with Gasteiger partial charge in [0.25, 0.3) is 0 Å². The van der Waals surface area contributed by atoms with Gasteiger partial charge in [-0.25, -0.2) is 0 Å². The van der Waals surface area contributed by atoms with E-state index in [1.165, 1.54) is 0 Å². The van der Waals surface area contributed by atoms with Gasteiger partial charge in [-0.3, -0.25) is 9.80 Å². The van der Waals surface area contributed by atoms with Crippen molar-refractivity contribution in [2.75, 3.05) is 46.0 Å². The second kappa shape index (κ2) is 6.99. The highest BCUT2D eigenvalue weighted by Crippen LogP contribution is 2.15. The normalized spacial score (nSPS) is 34.9. The average Bonchev–Trinajstić information content (AvgIpc) is 2.41. The fourth-order valence-corrected chi connectivity index (χ4v) is 2.82. The summed E-state index contributed by atoms with van der Waals surface area (Å²) in [4.78, 5) is 4.86. The minimum Gasteiger partial charge on any atom is -0.394 e. The smallest absolute Gasteiger partial charge is 0.0933 e. The van der Waals surface area contributed by atoms with Crippen LogP contribution in [0.1, 0.15) is 20.8 Å². The van der Waals surface area contributed by atoms with Crippen molar-refractivity contribution in [2.45, 2.75) is 45.1 Å². The summed E-state index contributed by atoms with van der Waals surface area (Å²) >= 11 is 0. The lowest BCUT2D eigenvalue weighted by Crippen LogP contribution is -2.55. The molecule has 2 fully saturated rings. The molecule has 0 radical (unpaired) electrons. The SMILES string of the molecule is CC(C)N1CCOC(CN2CC(CO)OCC2C)C1. The van der Waals surface area contributed by atoms with Gasteiger partial charge in [-0.05, 0) is 20.8 Å². The van der Waals surface area contributed by atoms with Crippen LogP contribution in [0.4, 0.5) is 0 Å². The van der Waals surface area contributed by atoms with Crippen LogP contribution in [0, 0.1) is 0 Å². The Labute approximate surface area is 116 Å². The van der Waals surface area contributed by atoms with Crippen LogP contribution in [0.3, 0.4) is 0 Å². The molecular weight excluding hydrogens is 244 g/mol. The van der Waals surface area contributed by atoms with Crippen LogP contribution in [-0.4, -0.2) is 85.2 Å². The van der Waals surface area contributed by atoms with E-state index < -0.39 is 0 Å². The van der Waals surface area contributed by atoms with Crippen molar-refractivity contribution in [1.29, 1.82) is 0 Å². The molecule has 1 N–H and O–H groups in total. The largest absolute Gasteiger partial charge is 0.394 e. The third-order valence-electron chi connectivity index (χ3n) is 4.18. The fourth-order valence-electron chi connectivity index (χ4n) is 2.82. The zero-order valence-corrected chi connectivity index (χ0v) is 12.4. The lowest BCUT2D eigenvalue weighted by Gasteiger charge is -2.42. The molecule has 2 rings (SSSR count). The monoisotopic (exact) mass is 272 g/mol. The number of nitrogens with zero attached hydrogens (tertiary/aromatic N) is 2. The molecule has 5 heteroatoms. The van der Waals surface area contributed by atoms with Crippen molar-refractivity contribution in [3.05, 3.63) is 0 Å². The molecular formula is C14H28N2O3. The molecule has 19 heavy (non-hydrogen) atoms. The first-order valence-corrected chi connectivity index (χ1v) is 7.42. The standard InChI is InChI=1S/C14H28N2O3/c1-11(2)15-4-5-18-13(6-15)7-16-8-14(9-17)19-10-12(16)3/h11-14,17H,4-10H2,1-3H3. The first-order chi connectivity index (χ1) is 9.10. The molecule has 0 spiro atoms. The molecule has 2 aliphatic heterocycles. The Bertz CT molecular complexity index is 275. The Kier molecular flexibility index (Phi) is 5.59. The van der Waals surface area contributed by atoms with Crippen LogP contribution < -0.4 is 0 Å². The highest BCUT2D eigenvalue weighted by Gasteiger charge is 2.30. The number of rotatable bonds is 4. The molecule has 0 aromatic rings. The summed E-state index contributed by atoms with van der Waals surface area (Å²) in [5.74, 6) is 0. The van der Waals surface area contributed by atoms with Gasteiger partial charge in [0.1, 0.15) is 0 Å². The van der Waals surface area contributed by atoms with Crippen LogP contribution in [-0.2, 0) is 9.47 Å². The van der Waals surface area contributed by atoms with E-state index in [2.05, 4.69) is 30.6 Å². The van der Waals surface area contributed by atoms with Crippen LogP contribution >= 0.6 is 0 Å². The van der Waals surface area contributed by atoms with Gasteiger partial charge in [0.15, 0.2) is 0 Å². The molecule has 3 unspecified atom stereocenters. The van der Waals surface area contributed by atoms with E-state index in [4.69, 9.17) is 9.47 Å². The zero-order valence-electron chi connectivity index (χ0n) is 12.4. The molecule has 0 aliphatic carbocycles. The molecule has 0 bridgehead atoms. The molecule has 5 nitrogen and oxygen atoms in total. The molecule has 0 amide bonds. The average molecular weight is 272 g/mol. The van der Waals surface area contributed by atoms with E-state index in [0.29, 0.717) is 18.7 Å². The van der Waals surface area contributed by atoms with Crippen molar-refractivity contribution < 1.29 is 14.6 Å². The predicted octanol–water partition coefficient (Wildman–Crippen LogP) is 0.177. The van der Waals surface area contributed by atoms with Gasteiger partial charge in [0.2, 0.25) is 0 Å². The molecule has 112 valence electrons. The number of hydrogen-bond acceptors (Lipinski definition) is 5. The highest BCUT2D eigenvalue weighted by atomic mass is 16.5. The zero-order chi connectivity index (χ0) is 13.8. The van der Waals surface area contributed by atoms with Gasteiger partial charge >= 0.3 is 0 Å². The number of hydrogen-bond donors (Lipinski definition) is 1. The third-order valence-corrected chi connectivity index (χ3v) is 4.18. The Morgan fingerprint density at radius 1 is 1.21 bits per heavy atom. The topological polar surface area (TPSA) is 45.2 Å². The van der Waals surface area contributed by atoms with Crippen LogP contribution in [0.15, 0.2) is 0 Å². The maximum absolute atomic E-state index is 9.22. The molecule has 2 heterocycles. The van der Waals surface area contributed by atoms with Gasteiger partial charge in [-0.2, -0.15) is 0 Å². The highest BCUT2D eigenvalue weighted by molar-refractivity contribution is 4.82. The number of ether oxygens (including phenoxy) is 2. The van der Waals surface area contributed by atoms with Gasteiger partial charge in [-0.15, -0.1) is 0 Å². The Morgan fingerprint density at radius 3 is 2.68 bits per heavy atom. The second-order valence-electron chi connectivity index (χ2n) is 6.02. The molecule has 0 aromatic heterocycles. The lowest BCUT2D eigenvalue weighted by molar-refractivity contribution is -0.106. The van der Waals surface area contributed by atoms with Gasteiger partial charge in [0, 0.05) is 38.3 Å². The van der Waals surface area contributed by atoms with Crippen molar-refractivity contribution in [3.8, 4) is 0 Å². The van der Waals surface area contributed by atoms with E-state index in [1.807, 2.05) is 0 Å². The Hall–Kier alpha value is -0.200. The van der Waals surface area contributed by atoms with Crippen molar-refractivity contribution in [2.24, 2.45) is 0 Å². The van der Waals surface area contributed by atoms with Crippen LogP contribution in [0.25, 0.3) is 0 Å². The summed E-state index contributed by atoms with van der Waals surface area (Å²) < 4.78 is 11.5. The van der Waals surface area contributed by atoms with Crippen LogP contribution in [0.5, 0.6) is 0 Å². The molecule has 0 aromatic carbocycles. The molecule has 0 saturated carbocycles. The van der Waals surface area contributed by atoms with E-state index in [-0.39, 0.29) is 18.8 Å². The second-order valence-corrected chi connectivity index (χ2v) is 6.02. The van der Waals surface area contributed by atoms with E-state index in [9.17, 15) is 5.11 Å². The number of aliphatic hydroxyl groups is 1. The quantitative estimate of drug-likeness (QED) is 0.791. The Balaban J connectivity index is 1.85. The van der Waals surface area contributed by atoms with Crippen molar-refractivity contribution in [3.63, 3.8) is 0 Å². The third kappa shape index (κ3) is 4.13. The van der Waals surface area contributed by atoms with Crippen molar-refractivity contribution >= 4 is 0 Å².